The first-order valence-electron chi connectivity index (χ1n) is 8.31. The fourth-order valence-electron chi connectivity index (χ4n) is 3.30. The number of hydrogen-bond acceptors (Lipinski definition) is 4. The summed E-state index contributed by atoms with van der Waals surface area (Å²) in [6, 6.07) is 5.82. The molecule has 1 unspecified atom stereocenters. The van der Waals surface area contributed by atoms with Crippen LogP contribution < -0.4 is 4.90 Å². The number of ether oxygens (including phenoxy) is 2. The molecule has 2 fully saturated rings. The van der Waals surface area contributed by atoms with Crippen molar-refractivity contribution in [3.8, 4) is 0 Å². The molecule has 0 N–H and O–H groups in total. The number of amides is 2. The van der Waals surface area contributed by atoms with Crippen molar-refractivity contribution >= 4 is 17.5 Å². The zero-order valence-electron chi connectivity index (χ0n) is 14.8. The smallest absolute Gasteiger partial charge is 0.254 e. The van der Waals surface area contributed by atoms with E-state index in [4.69, 9.17) is 9.47 Å². The number of halogens is 1. The van der Waals surface area contributed by atoms with Gasteiger partial charge in [0.2, 0.25) is 0 Å². The van der Waals surface area contributed by atoms with Crippen molar-refractivity contribution in [1.82, 2.24) is 4.90 Å². The minimum Gasteiger partial charge on any atom is -0.369 e. The second kappa shape index (κ2) is 6.38. The van der Waals surface area contributed by atoms with Gasteiger partial charge in [-0.05, 0) is 44.5 Å². The molecule has 0 saturated carbocycles. The molecule has 1 atom stereocenters. The third kappa shape index (κ3) is 3.39. The second-order valence-electron chi connectivity index (χ2n) is 7.12. The Morgan fingerprint density at radius 1 is 1.28 bits per heavy atom. The molecule has 0 bridgehead atoms. The van der Waals surface area contributed by atoms with Crippen LogP contribution in [0, 0.1) is 5.82 Å². The predicted octanol–water partition coefficient (Wildman–Crippen LogP) is 1.58. The molecule has 2 heterocycles. The zero-order chi connectivity index (χ0) is 18.2. The quantitative estimate of drug-likeness (QED) is 0.831. The van der Waals surface area contributed by atoms with Crippen LogP contribution in [0.5, 0.6) is 0 Å². The Morgan fingerprint density at radius 3 is 2.60 bits per heavy atom. The molecule has 2 saturated heterocycles. The molecule has 136 valence electrons. The van der Waals surface area contributed by atoms with Gasteiger partial charge in [0.15, 0.2) is 0 Å². The lowest BCUT2D eigenvalue weighted by molar-refractivity contribution is -0.152. The molecular formula is C18H23FN2O4. The van der Waals surface area contributed by atoms with Crippen molar-refractivity contribution in [2.45, 2.75) is 31.5 Å². The van der Waals surface area contributed by atoms with Crippen LogP contribution in [0.15, 0.2) is 24.3 Å². The summed E-state index contributed by atoms with van der Waals surface area (Å²) in [5, 5.41) is 0. The lowest BCUT2D eigenvalue weighted by Gasteiger charge is -2.40. The van der Waals surface area contributed by atoms with Crippen molar-refractivity contribution < 1.29 is 23.5 Å². The molecule has 7 heteroatoms. The van der Waals surface area contributed by atoms with Gasteiger partial charge in [-0.3, -0.25) is 9.59 Å². The van der Waals surface area contributed by atoms with Gasteiger partial charge in [0.05, 0.1) is 13.1 Å². The summed E-state index contributed by atoms with van der Waals surface area (Å²) in [7, 11) is 1.51. The first-order chi connectivity index (χ1) is 11.8. The van der Waals surface area contributed by atoms with E-state index in [0.29, 0.717) is 31.7 Å². The molecule has 2 aliphatic heterocycles. The largest absolute Gasteiger partial charge is 0.369 e. The van der Waals surface area contributed by atoms with E-state index in [-0.39, 0.29) is 24.2 Å². The average Bonchev–Trinajstić information content (AvgIpc) is 3.01. The summed E-state index contributed by atoms with van der Waals surface area (Å²) in [4.78, 5) is 28.2. The minimum atomic E-state index is -0.896. The lowest BCUT2D eigenvalue weighted by Crippen LogP contribution is -2.57. The van der Waals surface area contributed by atoms with Gasteiger partial charge >= 0.3 is 0 Å². The van der Waals surface area contributed by atoms with Crippen LogP contribution in [0.2, 0.25) is 0 Å². The summed E-state index contributed by atoms with van der Waals surface area (Å²) in [6.07, 6.45) is 0.642. The third-order valence-corrected chi connectivity index (χ3v) is 5.02. The highest BCUT2D eigenvalue weighted by molar-refractivity contribution is 5.95. The summed E-state index contributed by atoms with van der Waals surface area (Å²) in [5.41, 5.74) is -0.856. The summed E-state index contributed by atoms with van der Waals surface area (Å²) in [5.74, 6) is -0.612. The highest BCUT2D eigenvalue weighted by Gasteiger charge is 2.48. The predicted molar refractivity (Wildman–Crippen MR) is 89.7 cm³/mol. The van der Waals surface area contributed by atoms with Crippen LogP contribution in [0.1, 0.15) is 20.3 Å². The second-order valence-corrected chi connectivity index (χ2v) is 7.12. The maximum absolute atomic E-state index is 13.1. The van der Waals surface area contributed by atoms with E-state index in [1.807, 2.05) is 0 Å². The van der Waals surface area contributed by atoms with Gasteiger partial charge in [-0.1, -0.05) is 0 Å². The Labute approximate surface area is 146 Å². The highest BCUT2D eigenvalue weighted by atomic mass is 19.1. The zero-order valence-corrected chi connectivity index (χ0v) is 14.8. The Morgan fingerprint density at radius 2 is 1.96 bits per heavy atom. The first-order valence-corrected chi connectivity index (χ1v) is 8.31. The number of anilines is 1. The van der Waals surface area contributed by atoms with Crippen molar-refractivity contribution in [3.63, 3.8) is 0 Å². The lowest BCUT2D eigenvalue weighted by atomic mass is 9.99. The topological polar surface area (TPSA) is 59.1 Å². The van der Waals surface area contributed by atoms with E-state index in [1.54, 1.807) is 35.8 Å². The molecule has 2 aliphatic rings. The van der Waals surface area contributed by atoms with Crippen LogP contribution in [0.3, 0.4) is 0 Å². The summed E-state index contributed by atoms with van der Waals surface area (Å²) in [6.45, 7) is 4.72. The monoisotopic (exact) mass is 350 g/mol. The fraction of sp³-hybridized carbons (Fsp3) is 0.556. The Balaban J connectivity index is 1.76. The Bertz CT molecular complexity index is 676. The van der Waals surface area contributed by atoms with Crippen molar-refractivity contribution in [1.29, 1.82) is 0 Å². The number of benzene rings is 1. The first kappa shape index (κ1) is 17.8. The highest BCUT2D eigenvalue weighted by Crippen LogP contribution is 2.33. The maximum Gasteiger partial charge on any atom is 0.254 e. The minimum absolute atomic E-state index is 0.0485. The van der Waals surface area contributed by atoms with Crippen molar-refractivity contribution in [3.05, 3.63) is 30.1 Å². The molecule has 25 heavy (non-hydrogen) atoms. The number of nitrogens with zero attached hydrogens (tertiary/aromatic N) is 2. The number of methoxy groups -OCH3 is 1. The van der Waals surface area contributed by atoms with E-state index in [9.17, 15) is 14.0 Å². The van der Waals surface area contributed by atoms with E-state index in [0.717, 1.165) is 0 Å². The molecular weight excluding hydrogens is 327 g/mol. The van der Waals surface area contributed by atoms with Gasteiger partial charge in [-0.2, -0.15) is 0 Å². The standard InChI is InChI=1S/C18H23FN2O4/c1-17(2,24-3)16(23)20-9-8-18(11-20)12-21(15(22)10-25-18)14-6-4-13(19)5-7-14/h4-7H,8-12H2,1-3H3. The summed E-state index contributed by atoms with van der Waals surface area (Å²) < 4.78 is 24.3. The number of carbonyl (C=O) groups excluding carboxylic acids is 2. The molecule has 0 aliphatic carbocycles. The summed E-state index contributed by atoms with van der Waals surface area (Å²) >= 11 is 0. The van der Waals surface area contributed by atoms with Crippen LogP contribution >= 0.6 is 0 Å². The number of morpholine rings is 1. The SMILES string of the molecule is COC(C)(C)C(=O)N1CCC2(C1)CN(c1ccc(F)cc1)C(=O)CO2. The van der Waals surface area contributed by atoms with Crippen LogP contribution in [-0.4, -0.2) is 61.3 Å². The Kier molecular flexibility index (Phi) is 4.55. The van der Waals surface area contributed by atoms with Crippen LogP contribution in [-0.2, 0) is 19.1 Å². The van der Waals surface area contributed by atoms with Gasteiger partial charge in [0, 0.05) is 19.3 Å². The van der Waals surface area contributed by atoms with Crippen molar-refractivity contribution in [2.24, 2.45) is 0 Å². The molecule has 1 spiro atoms. The van der Waals surface area contributed by atoms with Gasteiger partial charge in [-0.25, -0.2) is 4.39 Å². The van der Waals surface area contributed by atoms with E-state index in [2.05, 4.69) is 0 Å². The van der Waals surface area contributed by atoms with E-state index in [1.165, 1.54) is 19.2 Å². The van der Waals surface area contributed by atoms with Gasteiger partial charge in [0.1, 0.15) is 23.6 Å². The van der Waals surface area contributed by atoms with E-state index >= 15 is 0 Å². The fourth-order valence-corrected chi connectivity index (χ4v) is 3.30. The normalized spacial score (nSPS) is 24.2. The molecule has 3 rings (SSSR count). The van der Waals surface area contributed by atoms with Crippen molar-refractivity contribution in [2.75, 3.05) is 38.3 Å². The third-order valence-electron chi connectivity index (χ3n) is 5.02. The molecule has 0 aromatic heterocycles. The molecule has 6 nitrogen and oxygen atoms in total. The molecule has 0 radical (unpaired) electrons. The van der Waals surface area contributed by atoms with Gasteiger partial charge in [0.25, 0.3) is 11.8 Å². The van der Waals surface area contributed by atoms with Gasteiger partial charge < -0.3 is 19.3 Å². The van der Waals surface area contributed by atoms with Crippen LogP contribution in [0.4, 0.5) is 10.1 Å². The molecule has 1 aromatic carbocycles. The Hall–Kier alpha value is -1.99. The van der Waals surface area contributed by atoms with E-state index < -0.39 is 11.2 Å². The number of rotatable bonds is 3. The van der Waals surface area contributed by atoms with Gasteiger partial charge in [-0.15, -0.1) is 0 Å². The molecule has 2 amide bonds. The average molecular weight is 350 g/mol. The number of hydrogen-bond donors (Lipinski definition) is 0. The molecule has 1 aromatic rings. The number of carbonyl (C=O) groups is 2. The number of likely N-dealkylation sites (tertiary alicyclic amines) is 1. The maximum atomic E-state index is 13.1. The van der Waals surface area contributed by atoms with Crippen LogP contribution in [0.25, 0.3) is 0 Å².